The molecule has 2 aromatic rings. The molecule has 0 bridgehead atoms. The lowest BCUT2D eigenvalue weighted by Gasteiger charge is -2.16. The fraction of sp³-hybridized carbons (Fsp3) is 0.250. The molecule has 0 saturated heterocycles. The maximum Gasteiger partial charge on any atom is 0.124 e. The predicted molar refractivity (Wildman–Crippen MR) is 80.5 cm³/mol. The zero-order valence-electron chi connectivity index (χ0n) is 11.1. The van der Waals surface area contributed by atoms with E-state index in [-0.39, 0.29) is 11.9 Å². The van der Waals surface area contributed by atoms with Crippen LogP contribution in [-0.4, -0.2) is 0 Å². The summed E-state index contributed by atoms with van der Waals surface area (Å²) in [7, 11) is 0. The summed E-state index contributed by atoms with van der Waals surface area (Å²) in [4.78, 5) is 0. The Bertz CT molecular complexity index is 548. The molecule has 0 aliphatic rings. The van der Waals surface area contributed by atoms with Gasteiger partial charge >= 0.3 is 0 Å². The smallest absolute Gasteiger partial charge is 0.124 e. The number of benzene rings is 2. The normalized spacial score (nSPS) is 12.4. The second-order valence-electron chi connectivity index (χ2n) is 4.74. The van der Waals surface area contributed by atoms with Gasteiger partial charge in [-0.3, -0.25) is 0 Å². The fourth-order valence-corrected chi connectivity index (χ4v) is 2.68. The monoisotopic (exact) mass is 321 g/mol. The van der Waals surface area contributed by atoms with Crippen LogP contribution in [0, 0.1) is 12.7 Å². The molecule has 0 spiro atoms. The van der Waals surface area contributed by atoms with Gasteiger partial charge in [0.1, 0.15) is 5.82 Å². The average molecular weight is 322 g/mol. The third-order valence-electron chi connectivity index (χ3n) is 3.19. The van der Waals surface area contributed by atoms with Gasteiger partial charge in [-0.2, -0.15) is 0 Å². The zero-order valence-corrected chi connectivity index (χ0v) is 12.7. The van der Waals surface area contributed by atoms with Crippen molar-refractivity contribution in [3.63, 3.8) is 0 Å². The second-order valence-corrected chi connectivity index (χ2v) is 5.65. The summed E-state index contributed by atoms with van der Waals surface area (Å²) >= 11 is 3.31. The van der Waals surface area contributed by atoms with E-state index < -0.39 is 0 Å². The molecule has 0 aliphatic heterocycles. The quantitative estimate of drug-likeness (QED) is 0.857. The van der Waals surface area contributed by atoms with E-state index in [0.717, 1.165) is 10.0 Å². The second kappa shape index (κ2) is 6.31. The molecular weight excluding hydrogens is 305 g/mol. The minimum atomic E-state index is -0.213. The molecule has 1 unspecified atom stereocenters. The Balaban J connectivity index is 2.04. The number of halogens is 2. The van der Waals surface area contributed by atoms with Crippen LogP contribution < -0.4 is 5.32 Å². The van der Waals surface area contributed by atoms with Crippen molar-refractivity contribution >= 4 is 15.9 Å². The molecule has 2 aromatic carbocycles. The molecule has 0 amide bonds. The van der Waals surface area contributed by atoms with Crippen LogP contribution in [0.5, 0.6) is 0 Å². The molecule has 0 fully saturated rings. The van der Waals surface area contributed by atoms with Crippen LogP contribution in [0.15, 0.2) is 46.9 Å². The number of rotatable bonds is 4. The summed E-state index contributed by atoms with van der Waals surface area (Å²) in [6, 6.07) is 13.5. The number of hydrogen-bond donors (Lipinski definition) is 1. The highest BCUT2D eigenvalue weighted by atomic mass is 79.9. The van der Waals surface area contributed by atoms with Gasteiger partial charge in [0, 0.05) is 17.1 Å². The van der Waals surface area contributed by atoms with Gasteiger partial charge in [-0.15, -0.1) is 0 Å². The Morgan fingerprint density at radius 2 is 1.95 bits per heavy atom. The first-order valence-electron chi connectivity index (χ1n) is 6.30. The molecule has 1 atom stereocenters. The maximum absolute atomic E-state index is 13.3. The molecule has 1 N–H and O–H groups in total. The first-order chi connectivity index (χ1) is 9.06. The topological polar surface area (TPSA) is 12.0 Å². The van der Waals surface area contributed by atoms with Crippen molar-refractivity contribution in [2.24, 2.45) is 0 Å². The molecule has 0 aliphatic carbocycles. The van der Waals surface area contributed by atoms with Crippen LogP contribution in [0.3, 0.4) is 0 Å². The molecule has 0 radical (unpaired) electrons. The Labute approximate surface area is 122 Å². The summed E-state index contributed by atoms with van der Waals surface area (Å²) in [6.07, 6.45) is 0. The van der Waals surface area contributed by atoms with Gasteiger partial charge in [-0.25, -0.2) is 4.39 Å². The van der Waals surface area contributed by atoms with Crippen LogP contribution in [0.1, 0.15) is 29.7 Å². The highest BCUT2D eigenvalue weighted by molar-refractivity contribution is 9.10. The van der Waals surface area contributed by atoms with Gasteiger partial charge in [-0.1, -0.05) is 40.2 Å². The van der Waals surface area contributed by atoms with Crippen LogP contribution in [-0.2, 0) is 6.54 Å². The lowest BCUT2D eigenvalue weighted by molar-refractivity contribution is 0.567. The zero-order chi connectivity index (χ0) is 13.8. The fourth-order valence-electron chi connectivity index (χ4n) is 2.17. The molecule has 0 aromatic heterocycles. The third kappa shape index (κ3) is 3.88. The van der Waals surface area contributed by atoms with Crippen molar-refractivity contribution in [1.82, 2.24) is 5.32 Å². The summed E-state index contributed by atoms with van der Waals surface area (Å²) in [5.74, 6) is -0.213. The Morgan fingerprint density at radius 1 is 1.21 bits per heavy atom. The van der Waals surface area contributed by atoms with Gasteiger partial charge < -0.3 is 5.32 Å². The minimum Gasteiger partial charge on any atom is -0.306 e. The Hall–Kier alpha value is -1.19. The number of hydrogen-bond acceptors (Lipinski definition) is 1. The van der Waals surface area contributed by atoms with E-state index in [1.54, 1.807) is 6.07 Å². The van der Waals surface area contributed by atoms with Crippen molar-refractivity contribution in [3.8, 4) is 0 Å². The largest absolute Gasteiger partial charge is 0.306 e. The predicted octanol–water partition coefficient (Wildman–Crippen LogP) is 4.75. The maximum atomic E-state index is 13.3. The first-order valence-corrected chi connectivity index (χ1v) is 7.09. The van der Waals surface area contributed by atoms with Crippen molar-refractivity contribution in [3.05, 3.63) is 69.4 Å². The van der Waals surface area contributed by atoms with E-state index in [4.69, 9.17) is 0 Å². The van der Waals surface area contributed by atoms with E-state index in [1.807, 2.05) is 18.2 Å². The standard InChI is InChI=1S/C16H17BrFN/c1-11-5-3-4-6-16(11)12(2)19-10-13-7-14(17)9-15(18)8-13/h3-9,12,19H,10H2,1-2H3. The van der Waals surface area contributed by atoms with Crippen molar-refractivity contribution in [2.45, 2.75) is 26.4 Å². The Morgan fingerprint density at radius 3 is 2.63 bits per heavy atom. The van der Waals surface area contributed by atoms with Crippen LogP contribution in [0.25, 0.3) is 0 Å². The van der Waals surface area contributed by atoms with E-state index in [1.165, 1.54) is 17.2 Å². The summed E-state index contributed by atoms with van der Waals surface area (Å²) in [5, 5.41) is 3.42. The lowest BCUT2D eigenvalue weighted by atomic mass is 10.0. The van der Waals surface area contributed by atoms with Gasteiger partial charge in [-0.05, 0) is 48.7 Å². The Kier molecular flexibility index (Phi) is 4.72. The molecule has 0 saturated carbocycles. The summed E-state index contributed by atoms with van der Waals surface area (Å²) < 4.78 is 14.1. The molecule has 100 valence electrons. The third-order valence-corrected chi connectivity index (χ3v) is 3.65. The molecule has 19 heavy (non-hydrogen) atoms. The summed E-state index contributed by atoms with van der Waals surface area (Å²) in [5.41, 5.74) is 3.48. The molecule has 1 nitrogen and oxygen atoms in total. The highest BCUT2D eigenvalue weighted by Crippen LogP contribution is 2.19. The van der Waals surface area contributed by atoms with Gasteiger partial charge in [0.2, 0.25) is 0 Å². The summed E-state index contributed by atoms with van der Waals surface area (Å²) in [6.45, 7) is 4.87. The van der Waals surface area contributed by atoms with Crippen molar-refractivity contribution in [1.29, 1.82) is 0 Å². The first kappa shape index (κ1) is 14.2. The lowest BCUT2D eigenvalue weighted by Crippen LogP contribution is -2.19. The molecular formula is C16H17BrFN. The number of aryl methyl sites for hydroxylation is 1. The van der Waals surface area contributed by atoms with Crippen LogP contribution >= 0.6 is 15.9 Å². The van der Waals surface area contributed by atoms with E-state index >= 15 is 0 Å². The van der Waals surface area contributed by atoms with Crippen LogP contribution in [0.2, 0.25) is 0 Å². The average Bonchev–Trinajstić information content (AvgIpc) is 2.35. The molecule has 3 heteroatoms. The van der Waals surface area contributed by atoms with Crippen molar-refractivity contribution < 1.29 is 4.39 Å². The number of nitrogens with one attached hydrogen (secondary N) is 1. The SMILES string of the molecule is Cc1ccccc1C(C)NCc1cc(F)cc(Br)c1. The molecule has 2 rings (SSSR count). The molecule has 0 heterocycles. The van der Waals surface area contributed by atoms with Crippen LogP contribution in [0.4, 0.5) is 4.39 Å². The van der Waals surface area contributed by atoms with E-state index in [9.17, 15) is 4.39 Å². The highest BCUT2D eigenvalue weighted by Gasteiger charge is 2.07. The van der Waals surface area contributed by atoms with E-state index in [0.29, 0.717) is 6.54 Å². The minimum absolute atomic E-state index is 0.213. The van der Waals surface area contributed by atoms with E-state index in [2.05, 4.69) is 47.2 Å². The van der Waals surface area contributed by atoms with Gasteiger partial charge in [0.05, 0.1) is 0 Å². The van der Waals surface area contributed by atoms with Crippen molar-refractivity contribution in [2.75, 3.05) is 0 Å². The van der Waals surface area contributed by atoms with Gasteiger partial charge in [0.15, 0.2) is 0 Å². The van der Waals surface area contributed by atoms with Gasteiger partial charge in [0.25, 0.3) is 0 Å².